The number of Topliss-reactive ketones (excluding diaryl/α,β-unsaturated/α-hetero) is 1. The van der Waals surface area contributed by atoms with Crippen molar-refractivity contribution >= 4 is 5.78 Å². The van der Waals surface area contributed by atoms with Crippen LogP contribution < -0.4 is 0 Å². The quantitative estimate of drug-likeness (QED) is 0.395. The molecule has 0 aromatic rings. The maximum absolute atomic E-state index is 11.0. The standard InChI is InChI=1S/C8H14O6/c1-3(10)8-7(13)6(12)5(11)4(2-9)14-8/h4-9,11-13H,2H2,1H3/t4-,5-,6+,7-,8?/m1/s1. The molecule has 0 spiro atoms. The van der Waals surface area contributed by atoms with Crippen LogP contribution in [0.2, 0.25) is 0 Å². The fourth-order valence-corrected chi connectivity index (χ4v) is 1.44. The second-order valence-corrected chi connectivity index (χ2v) is 3.36. The minimum Gasteiger partial charge on any atom is -0.394 e. The maximum Gasteiger partial charge on any atom is 0.161 e. The van der Waals surface area contributed by atoms with Crippen LogP contribution in [0, 0.1) is 0 Å². The molecule has 1 saturated heterocycles. The molecule has 6 heteroatoms. The molecule has 0 aromatic heterocycles. The first-order valence-corrected chi connectivity index (χ1v) is 4.30. The van der Waals surface area contributed by atoms with E-state index in [1.54, 1.807) is 0 Å². The zero-order valence-electron chi connectivity index (χ0n) is 7.70. The van der Waals surface area contributed by atoms with E-state index in [0.717, 1.165) is 0 Å². The van der Waals surface area contributed by atoms with Crippen LogP contribution in [0.5, 0.6) is 0 Å². The Labute approximate surface area is 80.7 Å². The maximum atomic E-state index is 11.0. The third-order valence-electron chi connectivity index (χ3n) is 2.29. The van der Waals surface area contributed by atoms with Gasteiger partial charge in [0.25, 0.3) is 0 Å². The predicted molar refractivity (Wildman–Crippen MR) is 44.4 cm³/mol. The van der Waals surface area contributed by atoms with Crippen molar-refractivity contribution in [2.45, 2.75) is 37.4 Å². The van der Waals surface area contributed by atoms with Crippen LogP contribution in [0.15, 0.2) is 0 Å². The topological polar surface area (TPSA) is 107 Å². The number of aliphatic hydroxyl groups is 4. The van der Waals surface area contributed by atoms with E-state index >= 15 is 0 Å². The molecule has 0 aromatic carbocycles. The Kier molecular flexibility index (Phi) is 3.57. The molecule has 0 aliphatic carbocycles. The molecule has 1 unspecified atom stereocenters. The molecule has 6 nitrogen and oxygen atoms in total. The van der Waals surface area contributed by atoms with E-state index in [1.807, 2.05) is 0 Å². The van der Waals surface area contributed by atoms with Crippen molar-refractivity contribution in [3.05, 3.63) is 0 Å². The van der Waals surface area contributed by atoms with Crippen LogP contribution in [-0.2, 0) is 9.53 Å². The zero-order valence-corrected chi connectivity index (χ0v) is 7.70. The zero-order chi connectivity index (χ0) is 10.9. The Morgan fingerprint density at radius 3 is 2.21 bits per heavy atom. The number of hydrogen-bond donors (Lipinski definition) is 4. The highest BCUT2D eigenvalue weighted by Crippen LogP contribution is 2.21. The van der Waals surface area contributed by atoms with Crippen LogP contribution >= 0.6 is 0 Å². The highest BCUT2D eigenvalue weighted by molar-refractivity contribution is 5.81. The molecule has 1 aliphatic rings. The molecule has 0 radical (unpaired) electrons. The summed E-state index contributed by atoms with van der Waals surface area (Å²) < 4.78 is 4.93. The summed E-state index contributed by atoms with van der Waals surface area (Å²) in [6.07, 6.45) is -6.54. The minimum absolute atomic E-state index is 0.457. The molecule has 1 fully saturated rings. The molecule has 14 heavy (non-hydrogen) atoms. The van der Waals surface area contributed by atoms with Gasteiger partial charge in [0.1, 0.15) is 30.5 Å². The molecule has 1 rings (SSSR count). The molecule has 0 saturated carbocycles. The van der Waals surface area contributed by atoms with Gasteiger partial charge in [-0.1, -0.05) is 0 Å². The summed E-state index contributed by atoms with van der Waals surface area (Å²) in [7, 11) is 0. The van der Waals surface area contributed by atoms with Gasteiger partial charge < -0.3 is 25.2 Å². The van der Waals surface area contributed by atoms with E-state index in [0.29, 0.717) is 0 Å². The molecular weight excluding hydrogens is 192 g/mol. The number of rotatable bonds is 2. The molecule has 4 N–H and O–H groups in total. The first-order valence-electron chi connectivity index (χ1n) is 4.30. The molecular formula is C8H14O6. The van der Waals surface area contributed by atoms with Crippen LogP contribution in [0.1, 0.15) is 6.92 Å². The monoisotopic (exact) mass is 206 g/mol. The second-order valence-electron chi connectivity index (χ2n) is 3.36. The van der Waals surface area contributed by atoms with Crippen LogP contribution in [-0.4, -0.2) is 63.3 Å². The van der Waals surface area contributed by atoms with E-state index in [9.17, 15) is 20.1 Å². The van der Waals surface area contributed by atoms with Gasteiger partial charge in [-0.3, -0.25) is 4.79 Å². The SMILES string of the molecule is CC(=O)C1O[C@H](CO)[C@@H](O)[C@H](O)[C@H]1O. The molecule has 1 heterocycles. The van der Waals surface area contributed by atoms with Gasteiger partial charge in [-0.15, -0.1) is 0 Å². The van der Waals surface area contributed by atoms with Gasteiger partial charge in [0.05, 0.1) is 6.61 Å². The lowest BCUT2D eigenvalue weighted by Gasteiger charge is -2.38. The van der Waals surface area contributed by atoms with Crippen LogP contribution in [0.4, 0.5) is 0 Å². The van der Waals surface area contributed by atoms with Crippen molar-refractivity contribution in [2.75, 3.05) is 6.61 Å². The highest BCUT2D eigenvalue weighted by atomic mass is 16.5. The van der Waals surface area contributed by atoms with Crippen molar-refractivity contribution in [2.24, 2.45) is 0 Å². The largest absolute Gasteiger partial charge is 0.394 e. The summed E-state index contributed by atoms with van der Waals surface area (Å²) in [6.45, 7) is 0.682. The van der Waals surface area contributed by atoms with Crippen molar-refractivity contribution < 1.29 is 30.0 Å². The van der Waals surface area contributed by atoms with Crippen molar-refractivity contribution in [3.63, 3.8) is 0 Å². The fraction of sp³-hybridized carbons (Fsp3) is 0.875. The highest BCUT2D eigenvalue weighted by Gasteiger charge is 2.44. The Bertz CT molecular complexity index is 216. The second kappa shape index (κ2) is 4.33. The predicted octanol–water partition coefficient (Wildman–Crippen LogP) is -2.58. The number of ether oxygens (including phenoxy) is 1. The Balaban J connectivity index is 2.78. The number of hydrogen-bond acceptors (Lipinski definition) is 6. The van der Waals surface area contributed by atoms with E-state index in [4.69, 9.17) is 9.84 Å². The lowest BCUT2D eigenvalue weighted by molar-refractivity contribution is -0.225. The Morgan fingerprint density at radius 1 is 1.21 bits per heavy atom. The van der Waals surface area contributed by atoms with Gasteiger partial charge in [0.2, 0.25) is 0 Å². The lowest BCUT2D eigenvalue weighted by Crippen LogP contribution is -2.60. The van der Waals surface area contributed by atoms with Gasteiger partial charge in [0, 0.05) is 0 Å². The third-order valence-corrected chi connectivity index (χ3v) is 2.29. The average molecular weight is 206 g/mol. The normalized spacial score (nSPS) is 43.6. The van der Waals surface area contributed by atoms with E-state index < -0.39 is 42.9 Å². The third kappa shape index (κ3) is 1.94. The van der Waals surface area contributed by atoms with Crippen molar-refractivity contribution in [1.29, 1.82) is 0 Å². The van der Waals surface area contributed by atoms with Crippen LogP contribution in [0.3, 0.4) is 0 Å². The Hall–Kier alpha value is -0.530. The summed E-state index contributed by atoms with van der Waals surface area (Å²) >= 11 is 0. The number of carbonyl (C=O) groups excluding carboxylic acids is 1. The molecule has 0 bridgehead atoms. The van der Waals surface area contributed by atoms with Gasteiger partial charge in [-0.25, -0.2) is 0 Å². The summed E-state index contributed by atoms with van der Waals surface area (Å²) in [5, 5.41) is 36.8. The van der Waals surface area contributed by atoms with Gasteiger partial charge in [0.15, 0.2) is 5.78 Å². The fourth-order valence-electron chi connectivity index (χ4n) is 1.44. The van der Waals surface area contributed by atoms with E-state index in [1.165, 1.54) is 6.92 Å². The molecule has 82 valence electrons. The first-order chi connectivity index (χ1) is 6.49. The summed E-state index contributed by atoms with van der Waals surface area (Å²) in [5.74, 6) is -0.457. The van der Waals surface area contributed by atoms with E-state index in [2.05, 4.69) is 0 Å². The Morgan fingerprint density at radius 2 is 1.79 bits per heavy atom. The van der Waals surface area contributed by atoms with Gasteiger partial charge in [-0.05, 0) is 6.92 Å². The number of ketones is 1. The van der Waals surface area contributed by atoms with Crippen LogP contribution in [0.25, 0.3) is 0 Å². The number of aliphatic hydroxyl groups excluding tert-OH is 4. The van der Waals surface area contributed by atoms with Gasteiger partial charge in [-0.2, -0.15) is 0 Å². The molecule has 5 atom stereocenters. The molecule has 0 amide bonds. The average Bonchev–Trinajstić information content (AvgIpc) is 2.14. The minimum atomic E-state index is -1.48. The first kappa shape index (κ1) is 11.5. The smallest absolute Gasteiger partial charge is 0.161 e. The summed E-state index contributed by atoms with van der Waals surface area (Å²) in [5.41, 5.74) is 0. The molecule has 1 aliphatic heterocycles. The van der Waals surface area contributed by atoms with Gasteiger partial charge >= 0.3 is 0 Å². The summed E-state index contributed by atoms with van der Waals surface area (Å²) in [6, 6.07) is 0. The number of carbonyl (C=O) groups is 1. The van der Waals surface area contributed by atoms with Crippen molar-refractivity contribution in [1.82, 2.24) is 0 Å². The summed E-state index contributed by atoms with van der Waals surface area (Å²) in [4.78, 5) is 11.0. The van der Waals surface area contributed by atoms with Crippen molar-refractivity contribution in [3.8, 4) is 0 Å². The van der Waals surface area contributed by atoms with E-state index in [-0.39, 0.29) is 0 Å². The lowest BCUT2D eigenvalue weighted by atomic mass is 9.93.